The van der Waals surface area contributed by atoms with Gasteiger partial charge in [0.1, 0.15) is 5.52 Å². The first-order chi connectivity index (χ1) is 6.18. The number of carboxylic acids is 1. The molecule has 0 aliphatic heterocycles. The van der Waals surface area contributed by atoms with Gasteiger partial charge in [0.2, 0.25) is 5.28 Å². The average molecular weight is 199 g/mol. The highest BCUT2D eigenvalue weighted by Crippen LogP contribution is 2.13. The molecule has 0 spiro atoms. The van der Waals surface area contributed by atoms with Crippen LogP contribution in [-0.4, -0.2) is 31.0 Å². The lowest BCUT2D eigenvalue weighted by Gasteiger charge is -1.94. The van der Waals surface area contributed by atoms with Gasteiger partial charge in [0, 0.05) is 0 Å². The van der Waals surface area contributed by atoms with Crippen LogP contribution in [0.15, 0.2) is 6.33 Å². The molecule has 66 valence electrons. The SMILES string of the molecule is O=C(O)c1nc(Cl)nc2nc[nH]c12. The maximum Gasteiger partial charge on any atom is 0.356 e. The van der Waals surface area contributed by atoms with Crippen LogP contribution in [0.1, 0.15) is 10.5 Å². The number of aromatic nitrogens is 4. The largest absolute Gasteiger partial charge is 0.476 e. The van der Waals surface area contributed by atoms with Gasteiger partial charge in [-0.2, -0.15) is 4.98 Å². The van der Waals surface area contributed by atoms with E-state index in [0.29, 0.717) is 0 Å². The molecule has 0 radical (unpaired) electrons. The van der Waals surface area contributed by atoms with E-state index >= 15 is 0 Å². The van der Waals surface area contributed by atoms with E-state index in [2.05, 4.69) is 19.9 Å². The number of fused-ring (bicyclic) bond motifs is 1. The molecule has 0 unspecified atom stereocenters. The smallest absolute Gasteiger partial charge is 0.356 e. The first-order valence-electron chi connectivity index (χ1n) is 3.28. The van der Waals surface area contributed by atoms with Crippen LogP contribution in [0, 0.1) is 0 Å². The predicted octanol–water partition coefficient (Wildman–Crippen LogP) is 0.704. The average Bonchev–Trinajstić information content (AvgIpc) is 2.49. The summed E-state index contributed by atoms with van der Waals surface area (Å²) in [4.78, 5) is 24.3. The Morgan fingerprint density at radius 1 is 1.54 bits per heavy atom. The van der Waals surface area contributed by atoms with Crippen molar-refractivity contribution in [2.75, 3.05) is 0 Å². The van der Waals surface area contributed by atoms with Gasteiger partial charge in [0.15, 0.2) is 11.3 Å². The molecular weight excluding hydrogens is 196 g/mol. The van der Waals surface area contributed by atoms with Gasteiger partial charge in [-0.15, -0.1) is 0 Å². The summed E-state index contributed by atoms with van der Waals surface area (Å²) in [6, 6.07) is 0. The zero-order chi connectivity index (χ0) is 9.42. The second-order valence-electron chi connectivity index (χ2n) is 2.25. The first kappa shape index (κ1) is 7.93. The Kier molecular flexibility index (Phi) is 1.63. The first-order valence-corrected chi connectivity index (χ1v) is 3.66. The highest BCUT2D eigenvalue weighted by molar-refractivity contribution is 6.28. The molecule has 0 amide bonds. The number of nitrogens with one attached hydrogen (secondary N) is 1. The van der Waals surface area contributed by atoms with Crippen molar-refractivity contribution < 1.29 is 9.90 Å². The highest BCUT2D eigenvalue weighted by atomic mass is 35.5. The van der Waals surface area contributed by atoms with Gasteiger partial charge >= 0.3 is 5.97 Å². The van der Waals surface area contributed by atoms with Gasteiger partial charge in [-0.25, -0.2) is 14.8 Å². The lowest BCUT2D eigenvalue weighted by Crippen LogP contribution is -2.03. The summed E-state index contributed by atoms with van der Waals surface area (Å²) in [6.45, 7) is 0. The Morgan fingerprint density at radius 2 is 2.31 bits per heavy atom. The summed E-state index contributed by atoms with van der Waals surface area (Å²) >= 11 is 5.49. The van der Waals surface area contributed by atoms with Crippen LogP contribution in [0.4, 0.5) is 0 Å². The Balaban J connectivity index is 2.84. The second kappa shape index (κ2) is 2.67. The third kappa shape index (κ3) is 1.20. The molecule has 2 rings (SSSR count). The van der Waals surface area contributed by atoms with Crippen molar-refractivity contribution >= 4 is 28.7 Å². The third-order valence-electron chi connectivity index (χ3n) is 1.46. The van der Waals surface area contributed by atoms with E-state index in [0.717, 1.165) is 0 Å². The van der Waals surface area contributed by atoms with E-state index in [1.807, 2.05) is 0 Å². The molecule has 2 heterocycles. The number of H-pyrrole nitrogens is 1. The van der Waals surface area contributed by atoms with E-state index in [1.165, 1.54) is 6.33 Å². The number of aromatic amines is 1. The number of hydrogen-bond donors (Lipinski definition) is 2. The number of rotatable bonds is 1. The quantitative estimate of drug-likeness (QED) is 0.659. The molecule has 2 aromatic heterocycles. The molecule has 0 atom stereocenters. The zero-order valence-electron chi connectivity index (χ0n) is 6.15. The number of carboxylic acid groups (broad SMARTS) is 1. The van der Waals surface area contributed by atoms with Crippen molar-refractivity contribution in [3.05, 3.63) is 17.3 Å². The highest BCUT2D eigenvalue weighted by Gasteiger charge is 2.14. The minimum Gasteiger partial charge on any atom is -0.476 e. The van der Waals surface area contributed by atoms with Crippen LogP contribution in [0.25, 0.3) is 11.2 Å². The minimum absolute atomic E-state index is 0.128. The number of hydrogen-bond acceptors (Lipinski definition) is 4. The van der Waals surface area contributed by atoms with E-state index < -0.39 is 5.97 Å². The Labute approximate surface area is 76.6 Å². The lowest BCUT2D eigenvalue weighted by molar-refractivity contribution is 0.0692. The standard InChI is InChI=1S/C6H3ClN4O2/c7-6-10-3(5(12)13)2-4(11-6)9-1-8-2/h1H,(H,12,13)(H,8,9,10,11). The second-order valence-corrected chi connectivity index (χ2v) is 2.59. The van der Waals surface area contributed by atoms with E-state index in [1.54, 1.807) is 0 Å². The van der Waals surface area contributed by atoms with E-state index in [-0.39, 0.29) is 22.1 Å². The Hall–Kier alpha value is -1.69. The van der Waals surface area contributed by atoms with Gasteiger partial charge in [-0.05, 0) is 11.6 Å². The van der Waals surface area contributed by atoms with Gasteiger partial charge < -0.3 is 10.1 Å². The number of carbonyl (C=O) groups is 1. The van der Waals surface area contributed by atoms with Crippen molar-refractivity contribution in [1.29, 1.82) is 0 Å². The molecule has 2 aromatic rings. The van der Waals surface area contributed by atoms with Crippen molar-refractivity contribution in [2.45, 2.75) is 0 Å². The molecule has 0 aliphatic rings. The summed E-state index contributed by atoms with van der Waals surface area (Å²) in [5.74, 6) is -1.17. The Morgan fingerprint density at radius 3 is 3.00 bits per heavy atom. The molecule has 6 nitrogen and oxygen atoms in total. The Bertz CT molecular complexity index is 480. The molecule has 0 aliphatic carbocycles. The van der Waals surface area contributed by atoms with Crippen LogP contribution in [0.3, 0.4) is 0 Å². The maximum atomic E-state index is 10.7. The van der Waals surface area contributed by atoms with Gasteiger partial charge in [0.05, 0.1) is 6.33 Å². The number of aromatic carboxylic acids is 1. The summed E-state index contributed by atoms with van der Waals surface area (Å²) in [5.41, 5.74) is 0.349. The monoisotopic (exact) mass is 198 g/mol. The summed E-state index contributed by atoms with van der Waals surface area (Å²) in [7, 11) is 0. The number of halogens is 1. The number of imidazole rings is 1. The topological polar surface area (TPSA) is 91.8 Å². The lowest BCUT2D eigenvalue weighted by atomic mass is 10.4. The predicted molar refractivity (Wildman–Crippen MR) is 43.7 cm³/mol. The maximum absolute atomic E-state index is 10.7. The molecule has 0 bridgehead atoms. The van der Waals surface area contributed by atoms with E-state index in [9.17, 15) is 4.79 Å². The molecular formula is C6H3ClN4O2. The number of nitrogens with zero attached hydrogens (tertiary/aromatic N) is 3. The van der Waals surface area contributed by atoms with Crippen LogP contribution in [-0.2, 0) is 0 Å². The van der Waals surface area contributed by atoms with Gasteiger partial charge in [-0.1, -0.05) is 0 Å². The van der Waals surface area contributed by atoms with Crippen molar-refractivity contribution in [1.82, 2.24) is 19.9 Å². The van der Waals surface area contributed by atoms with Crippen LogP contribution in [0.5, 0.6) is 0 Å². The molecule has 0 saturated carbocycles. The van der Waals surface area contributed by atoms with Gasteiger partial charge in [0.25, 0.3) is 0 Å². The van der Waals surface area contributed by atoms with Crippen LogP contribution < -0.4 is 0 Å². The van der Waals surface area contributed by atoms with E-state index in [4.69, 9.17) is 16.7 Å². The molecule has 0 saturated heterocycles. The van der Waals surface area contributed by atoms with Crippen molar-refractivity contribution in [2.24, 2.45) is 0 Å². The summed E-state index contributed by atoms with van der Waals surface area (Å²) in [5, 5.41) is 8.60. The normalized spacial score (nSPS) is 10.5. The fraction of sp³-hybridized carbons (Fsp3) is 0. The molecule has 7 heteroatoms. The van der Waals surface area contributed by atoms with Crippen LogP contribution >= 0.6 is 11.6 Å². The molecule has 0 aromatic carbocycles. The summed E-state index contributed by atoms with van der Waals surface area (Å²) < 4.78 is 0. The molecule has 0 fully saturated rings. The van der Waals surface area contributed by atoms with Gasteiger partial charge in [-0.3, -0.25) is 0 Å². The molecule has 13 heavy (non-hydrogen) atoms. The fourth-order valence-electron chi connectivity index (χ4n) is 0.961. The van der Waals surface area contributed by atoms with Crippen molar-refractivity contribution in [3.63, 3.8) is 0 Å². The minimum atomic E-state index is -1.17. The van der Waals surface area contributed by atoms with Crippen LogP contribution in [0.2, 0.25) is 5.28 Å². The third-order valence-corrected chi connectivity index (χ3v) is 1.63. The fourth-order valence-corrected chi connectivity index (χ4v) is 1.13. The summed E-state index contributed by atoms with van der Waals surface area (Å²) in [6.07, 6.45) is 1.34. The zero-order valence-corrected chi connectivity index (χ0v) is 6.91. The van der Waals surface area contributed by atoms with Crippen molar-refractivity contribution in [3.8, 4) is 0 Å². The molecule has 2 N–H and O–H groups in total.